The molecule has 2 aromatic rings. The van der Waals surface area contributed by atoms with E-state index in [-0.39, 0.29) is 12.5 Å². The third-order valence-electron chi connectivity index (χ3n) is 3.08. The van der Waals surface area contributed by atoms with Crippen LogP contribution in [-0.4, -0.2) is 25.7 Å². The van der Waals surface area contributed by atoms with Crippen molar-refractivity contribution in [3.05, 3.63) is 45.9 Å². The van der Waals surface area contributed by atoms with E-state index in [9.17, 15) is 4.79 Å². The Hall–Kier alpha value is -1.92. The highest BCUT2D eigenvalue weighted by Gasteiger charge is 2.13. The van der Waals surface area contributed by atoms with Crippen LogP contribution < -0.4 is 19.5 Å². The number of nitrogens with one attached hydrogen (secondary N) is 1. The molecule has 7 heteroatoms. The summed E-state index contributed by atoms with van der Waals surface area (Å²) in [6, 6.07) is 10.4. The molecule has 23 heavy (non-hydrogen) atoms. The maximum absolute atomic E-state index is 12.0. The molecular formula is C16H13BrClNO4. The zero-order valence-corrected chi connectivity index (χ0v) is 14.3. The highest BCUT2D eigenvalue weighted by Crippen LogP contribution is 2.32. The van der Waals surface area contributed by atoms with Gasteiger partial charge in [0.1, 0.15) is 19.0 Å². The fourth-order valence-corrected chi connectivity index (χ4v) is 2.78. The molecular weight excluding hydrogens is 386 g/mol. The van der Waals surface area contributed by atoms with Crippen molar-refractivity contribution in [2.24, 2.45) is 0 Å². The molecule has 0 spiro atoms. The van der Waals surface area contributed by atoms with Gasteiger partial charge in [-0.3, -0.25) is 4.79 Å². The maximum Gasteiger partial charge on any atom is 0.262 e. The van der Waals surface area contributed by atoms with Gasteiger partial charge in [-0.25, -0.2) is 0 Å². The van der Waals surface area contributed by atoms with Crippen LogP contribution in [0.15, 0.2) is 40.9 Å². The molecule has 1 aliphatic rings. The summed E-state index contributed by atoms with van der Waals surface area (Å²) < 4.78 is 17.2. The topological polar surface area (TPSA) is 56.8 Å². The standard InChI is InChI=1S/C16H13BrClNO4/c17-10-1-3-13(12(18)7-10)23-9-16(20)19-11-2-4-14-15(8-11)22-6-5-21-14/h1-4,7-8H,5-6,9H2,(H,19,20). The van der Waals surface area contributed by atoms with Gasteiger partial charge in [-0.15, -0.1) is 0 Å². The molecule has 5 nitrogen and oxygen atoms in total. The Morgan fingerprint density at radius 2 is 1.96 bits per heavy atom. The Balaban J connectivity index is 1.59. The summed E-state index contributed by atoms with van der Waals surface area (Å²) in [6.07, 6.45) is 0. The first-order valence-corrected chi connectivity index (χ1v) is 8.06. The highest BCUT2D eigenvalue weighted by atomic mass is 79.9. The van der Waals surface area contributed by atoms with Gasteiger partial charge in [0, 0.05) is 16.2 Å². The molecule has 2 aromatic carbocycles. The normalized spacial score (nSPS) is 12.6. The molecule has 0 aromatic heterocycles. The van der Waals surface area contributed by atoms with Crippen molar-refractivity contribution in [1.29, 1.82) is 0 Å². The van der Waals surface area contributed by atoms with Crippen molar-refractivity contribution in [3.63, 3.8) is 0 Å². The molecule has 0 fully saturated rings. The number of halogens is 2. The van der Waals surface area contributed by atoms with E-state index in [0.29, 0.717) is 41.2 Å². The first kappa shape index (κ1) is 16.0. The number of carbonyl (C=O) groups excluding carboxylic acids is 1. The van der Waals surface area contributed by atoms with Gasteiger partial charge >= 0.3 is 0 Å². The second-order valence-electron chi connectivity index (χ2n) is 4.77. The van der Waals surface area contributed by atoms with E-state index in [2.05, 4.69) is 21.2 Å². The van der Waals surface area contributed by atoms with Gasteiger partial charge < -0.3 is 19.5 Å². The average Bonchev–Trinajstić information content (AvgIpc) is 2.54. The Bertz CT molecular complexity index is 738. The molecule has 0 unspecified atom stereocenters. The van der Waals surface area contributed by atoms with Crippen LogP contribution in [0.25, 0.3) is 0 Å². The summed E-state index contributed by atoms with van der Waals surface area (Å²) in [5, 5.41) is 3.18. The van der Waals surface area contributed by atoms with E-state index in [1.807, 2.05) is 0 Å². The van der Waals surface area contributed by atoms with Crippen LogP contribution in [-0.2, 0) is 4.79 Å². The van der Waals surface area contributed by atoms with Gasteiger partial charge in [-0.05, 0) is 30.3 Å². The molecule has 0 saturated carbocycles. The number of hydrogen-bond donors (Lipinski definition) is 1. The van der Waals surface area contributed by atoms with Gasteiger partial charge in [0.05, 0.1) is 5.02 Å². The van der Waals surface area contributed by atoms with E-state index in [0.717, 1.165) is 4.47 Å². The third-order valence-corrected chi connectivity index (χ3v) is 3.87. The van der Waals surface area contributed by atoms with Gasteiger partial charge in [-0.1, -0.05) is 27.5 Å². The summed E-state index contributed by atoms with van der Waals surface area (Å²) in [5.41, 5.74) is 0.616. The lowest BCUT2D eigenvalue weighted by Crippen LogP contribution is -2.21. The quantitative estimate of drug-likeness (QED) is 0.849. The van der Waals surface area contributed by atoms with Crippen LogP contribution in [0.5, 0.6) is 17.2 Å². The van der Waals surface area contributed by atoms with Crippen molar-refractivity contribution >= 4 is 39.1 Å². The van der Waals surface area contributed by atoms with E-state index in [4.69, 9.17) is 25.8 Å². The fraction of sp³-hybridized carbons (Fsp3) is 0.188. The number of fused-ring (bicyclic) bond motifs is 1. The lowest BCUT2D eigenvalue weighted by atomic mass is 10.2. The van der Waals surface area contributed by atoms with E-state index < -0.39 is 0 Å². The minimum absolute atomic E-state index is 0.143. The minimum Gasteiger partial charge on any atom is -0.486 e. The van der Waals surface area contributed by atoms with E-state index >= 15 is 0 Å². The summed E-state index contributed by atoms with van der Waals surface area (Å²) in [7, 11) is 0. The monoisotopic (exact) mass is 397 g/mol. The number of amides is 1. The Morgan fingerprint density at radius 1 is 1.17 bits per heavy atom. The Kier molecular flexibility index (Phi) is 4.93. The van der Waals surface area contributed by atoms with Gasteiger partial charge in [0.2, 0.25) is 0 Å². The van der Waals surface area contributed by atoms with Crippen molar-refractivity contribution in [3.8, 4) is 17.2 Å². The summed E-state index contributed by atoms with van der Waals surface area (Å²) in [4.78, 5) is 12.0. The van der Waals surface area contributed by atoms with Crippen molar-refractivity contribution in [2.45, 2.75) is 0 Å². The number of hydrogen-bond acceptors (Lipinski definition) is 4. The third kappa shape index (κ3) is 4.09. The Labute approximate surface area is 146 Å². The van der Waals surface area contributed by atoms with Crippen molar-refractivity contribution in [1.82, 2.24) is 0 Å². The average molecular weight is 399 g/mol. The first-order chi connectivity index (χ1) is 11.1. The zero-order valence-electron chi connectivity index (χ0n) is 12.0. The smallest absolute Gasteiger partial charge is 0.262 e. The molecule has 0 aliphatic carbocycles. The predicted octanol–water partition coefficient (Wildman–Crippen LogP) is 3.89. The lowest BCUT2D eigenvalue weighted by molar-refractivity contribution is -0.118. The number of benzene rings is 2. The van der Waals surface area contributed by atoms with E-state index in [1.54, 1.807) is 36.4 Å². The minimum atomic E-state index is -0.291. The molecule has 3 rings (SSSR count). The van der Waals surface area contributed by atoms with Gasteiger partial charge in [-0.2, -0.15) is 0 Å². The summed E-state index contributed by atoms with van der Waals surface area (Å²) in [5.74, 6) is 1.45. The number of rotatable bonds is 4. The van der Waals surface area contributed by atoms with Crippen LogP contribution in [0.2, 0.25) is 5.02 Å². The van der Waals surface area contributed by atoms with Crippen LogP contribution >= 0.6 is 27.5 Å². The predicted molar refractivity (Wildman–Crippen MR) is 90.7 cm³/mol. The molecule has 1 aliphatic heterocycles. The van der Waals surface area contributed by atoms with Gasteiger partial charge in [0.15, 0.2) is 18.1 Å². The second kappa shape index (κ2) is 7.10. The van der Waals surface area contributed by atoms with Crippen molar-refractivity contribution in [2.75, 3.05) is 25.1 Å². The Morgan fingerprint density at radius 3 is 2.74 bits per heavy atom. The SMILES string of the molecule is O=C(COc1ccc(Br)cc1Cl)Nc1ccc2c(c1)OCCO2. The first-order valence-electron chi connectivity index (χ1n) is 6.89. The molecule has 1 heterocycles. The lowest BCUT2D eigenvalue weighted by Gasteiger charge is -2.19. The molecule has 1 N–H and O–H groups in total. The molecule has 0 bridgehead atoms. The van der Waals surface area contributed by atoms with Gasteiger partial charge in [0.25, 0.3) is 5.91 Å². The molecule has 0 atom stereocenters. The van der Waals surface area contributed by atoms with Crippen LogP contribution in [0, 0.1) is 0 Å². The van der Waals surface area contributed by atoms with Crippen LogP contribution in [0.1, 0.15) is 0 Å². The molecule has 0 saturated heterocycles. The summed E-state index contributed by atoms with van der Waals surface area (Å²) in [6.45, 7) is 0.881. The largest absolute Gasteiger partial charge is 0.486 e. The highest BCUT2D eigenvalue weighted by molar-refractivity contribution is 9.10. The maximum atomic E-state index is 12.0. The zero-order chi connectivity index (χ0) is 16.2. The fourth-order valence-electron chi connectivity index (χ4n) is 2.05. The number of anilines is 1. The molecule has 0 radical (unpaired) electrons. The summed E-state index contributed by atoms with van der Waals surface area (Å²) >= 11 is 9.34. The second-order valence-corrected chi connectivity index (χ2v) is 6.09. The molecule has 120 valence electrons. The number of ether oxygens (including phenoxy) is 3. The molecule has 1 amide bonds. The van der Waals surface area contributed by atoms with Crippen molar-refractivity contribution < 1.29 is 19.0 Å². The van der Waals surface area contributed by atoms with Crippen LogP contribution in [0.4, 0.5) is 5.69 Å². The number of carbonyl (C=O) groups is 1. The van der Waals surface area contributed by atoms with E-state index in [1.165, 1.54) is 0 Å². The van der Waals surface area contributed by atoms with Crippen LogP contribution in [0.3, 0.4) is 0 Å².